The van der Waals surface area contributed by atoms with E-state index in [9.17, 15) is 14.7 Å². The number of carboxylic acid groups (broad SMARTS) is 1. The first-order valence-electron chi connectivity index (χ1n) is 8.22. The number of aliphatic carboxylic acids is 1. The minimum absolute atomic E-state index is 0.222. The first-order valence-corrected chi connectivity index (χ1v) is 8.22. The van der Waals surface area contributed by atoms with E-state index in [2.05, 4.69) is 12.2 Å². The average molecular weight is 298 g/mol. The number of hydrogen-bond donors (Lipinski definition) is 2. The normalized spacial score (nSPS) is 21.0. The minimum atomic E-state index is -0.948. The van der Waals surface area contributed by atoms with E-state index in [0.717, 1.165) is 25.9 Å². The molecular formula is C16H30N2O3. The number of urea groups is 1. The Bertz CT molecular complexity index is 344. The molecule has 1 unspecified atom stereocenters. The summed E-state index contributed by atoms with van der Waals surface area (Å²) in [6.45, 7) is 7.59. The van der Waals surface area contributed by atoms with Gasteiger partial charge in [0.25, 0.3) is 0 Å². The van der Waals surface area contributed by atoms with Gasteiger partial charge in [-0.1, -0.05) is 33.6 Å². The molecule has 0 bridgehead atoms. The monoisotopic (exact) mass is 298 g/mol. The first-order chi connectivity index (χ1) is 9.93. The van der Waals surface area contributed by atoms with Crippen LogP contribution in [0.3, 0.4) is 0 Å². The third-order valence-electron chi connectivity index (χ3n) is 4.13. The fraction of sp³-hybridized carbons (Fsp3) is 0.875. The van der Waals surface area contributed by atoms with Crippen LogP contribution in [0.15, 0.2) is 0 Å². The summed E-state index contributed by atoms with van der Waals surface area (Å²) in [5, 5.41) is 11.9. The standard InChI is InChI=1S/C16H30N2O3/c1-4-6-13-7-5-9-18(10-8-13)16(21)17-14(15(19)20)11-12(2)3/h12-14H,4-11H2,1-3H3,(H,17,21)(H,19,20)/t13?,14-/m0/s1. The van der Waals surface area contributed by atoms with Gasteiger partial charge in [0.15, 0.2) is 0 Å². The molecule has 2 N–H and O–H groups in total. The van der Waals surface area contributed by atoms with Crippen LogP contribution in [-0.4, -0.2) is 41.1 Å². The lowest BCUT2D eigenvalue weighted by Gasteiger charge is -2.24. The van der Waals surface area contributed by atoms with Crippen LogP contribution in [0, 0.1) is 11.8 Å². The summed E-state index contributed by atoms with van der Waals surface area (Å²) in [7, 11) is 0. The fourth-order valence-corrected chi connectivity index (χ4v) is 3.00. The highest BCUT2D eigenvalue weighted by Crippen LogP contribution is 2.22. The number of nitrogens with zero attached hydrogens (tertiary/aromatic N) is 1. The summed E-state index contributed by atoms with van der Waals surface area (Å²) < 4.78 is 0. The summed E-state index contributed by atoms with van der Waals surface area (Å²) in [5.74, 6) is -0.000987. The minimum Gasteiger partial charge on any atom is -0.480 e. The molecule has 0 aromatic carbocycles. The van der Waals surface area contributed by atoms with Crippen molar-refractivity contribution in [2.45, 2.75) is 65.3 Å². The van der Waals surface area contributed by atoms with Crippen LogP contribution in [-0.2, 0) is 4.79 Å². The second-order valence-electron chi connectivity index (χ2n) is 6.54. The quantitative estimate of drug-likeness (QED) is 0.791. The van der Waals surface area contributed by atoms with Crippen LogP contribution >= 0.6 is 0 Å². The van der Waals surface area contributed by atoms with Crippen LogP contribution < -0.4 is 5.32 Å². The van der Waals surface area contributed by atoms with Gasteiger partial charge in [0, 0.05) is 13.1 Å². The number of rotatable bonds is 6. The van der Waals surface area contributed by atoms with Gasteiger partial charge in [-0.2, -0.15) is 0 Å². The molecule has 2 amide bonds. The second kappa shape index (κ2) is 8.90. The second-order valence-corrected chi connectivity index (χ2v) is 6.54. The molecule has 2 atom stereocenters. The first kappa shape index (κ1) is 17.8. The molecule has 1 aliphatic heterocycles. The number of likely N-dealkylation sites (tertiary alicyclic amines) is 1. The Kier molecular flexibility index (Phi) is 7.54. The van der Waals surface area contributed by atoms with Gasteiger partial charge in [-0.3, -0.25) is 0 Å². The number of hydrogen-bond acceptors (Lipinski definition) is 2. The molecule has 5 nitrogen and oxygen atoms in total. The van der Waals surface area contributed by atoms with Crippen molar-refractivity contribution >= 4 is 12.0 Å². The molecule has 0 aromatic heterocycles. The Labute approximate surface area is 128 Å². The fourth-order valence-electron chi connectivity index (χ4n) is 3.00. The van der Waals surface area contributed by atoms with Gasteiger partial charge in [0.2, 0.25) is 0 Å². The molecule has 1 fully saturated rings. The van der Waals surface area contributed by atoms with E-state index in [1.165, 1.54) is 19.3 Å². The lowest BCUT2D eigenvalue weighted by molar-refractivity contribution is -0.139. The van der Waals surface area contributed by atoms with Gasteiger partial charge in [0.1, 0.15) is 6.04 Å². The number of nitrogens with one attached hydrogen (secondary N) is 1. The molecule has 1 aliphatic rings. The molecule has 1 rings (SSSR count). The Morgan fingerprint density at radius 1 is 1.29 bits per heavy atom. The highest BCUT2D eigenvalue weighted by Gasteiger charge is 2.25. The number of carbonyl (C=O) groups is 2. The summed E-state index contributed by atoms with van der Waals surface area (Å²) in [4.78, 5) is 25.3. The van der Waals surface area contributed by atoms with Crippen molar-refractivity contribution in [2.75, 3.05) is 13.1 Å². The SMILES string of the molecule is CCCC1CCCN(C(=O)N[C@@H](CC(C)C)C(=O)O)CC1. The molecule has 1 heterocycles. The summed E-state index contributed by atoms with van der Waals surface area (Å²) in [5.41, 5.74) is 0. The van der Waals surface area contributed by atoms with Crippen molar-refractivity contribution in [3.63, 3.8) is 0 Å². The maximum atomic E-state index is 12.3. The van der Waals surface area contributed by atoms with Crippen molar-refractivity contribution < 1.29 is 14.7 Å². The maximum Gasteiger partial charge on any atom is 0.326 e. The van der Waals surface area contributed by atoms with E-state index in [0.29, 0.717) is 12.3 Å². The third kappa shape index (κ3) is 6.36. The van der Waals surface area contributed by atoms with Crippen molar-refractivity contribution in [1.82, 2.24) is 10.2 Å². The molecule has 0 aliphatic carbocycles. The molecule has 122 valence electrons. The predicted molar refractivity (Wildman–Crippen MR) is 83.2 cm³/mol. The van der Waals surface area contributed by atoms with E-state index < -0.39 is 12.0 Å². The van der Waals surface area contributed by atoms with Gasteiger partial charge in [-0.05, 0) is 37.5 Å². The molecule has 0 aromatic rings. The van der Waals surface area contributed by atoms with Gasteiger partial charge >= 0.3 is 12.0 Å². The Hall–Kier alpha value is -1.26. The molecule has 0 radical (unpaired) electrons. The Morgan fingerprint density at radius 2 is 2.00 bits per heavy atom. The van der Waals surface area contributed by atoms with Crippen LogP contribution in [0.25, 0.3) is 0 Å². The summed E-state index contributed by atoms with van der Waals surface area (Å²) in [6, 6.07) is -1.01. The third-order valence-corrected chi connectivity index (χ3v) is 4.13. The van der Waals surface area contributed by atoms with E-state index in [-0.39, 0.29) is 11.9 Å². The molecule has 5 heteroatoms. The number of carboxylic acids is 1. The van der Waals surface area contributed by atoms with Crippen LogP contribution in [0.2, 0.25) is 0 Å². The van der Waals surface area contributed by atoms with Crippen molar-refractivity contribution in [3.05, 3.63) is 0 Å². The van der Waals surface area contributed by atoms with E-state index in [1.54, 1.807) is 4.90 Å². The molecule has 21 heavy (non-hydrogen) atoms. The zero-order valence-electron chi connectivity index (χ0n) is 13.6. The zero-order chi connectivity index (χ0) is 15.8. The van der Waals surface area contributed by atoms with Crippen LogP contribution in [0.4, 0.5) is 4.79 Å². The lowest BCUT2D eigenvalue weighted by atomic mass is 9.96. The molecule has 1 saturated heterocycles. The Morgan fingerprint density at radius 3 is 2.57 bits per heavy atom. The molecule has 0 saturated carbocycles. The summed E-state index contributed by atoms with van der Waals surface area (Å²) >= 11 is 0. The van der Waals surface area contributed by atoms with E-state index in [4.69, 9.17) is 0 Å². The summed E-state index contributed by atoms with van der Waals surface area (Å²) in [6.07, 6.45) is 6.09. The van der Waals surface area contributed by atoms with Gasteiger partial charge in [-0.25, -0.2) is 9.59 Å². The van der Waals surface area contributed by atoms with Crippen LogP contribution in [0.1, 0.15) is 59.3 Å². The van der Waals surface area contributed by atoms with E-state index >= 15 is 0 Å². The van der Waals surface area contributed by atoms with Crippen molar-refractivity contribution in [2.24, 2.45) is 11.8 Å². The zero-order valence-corrected chi connectivity index (χ0v) is 13.6. The molecule has 0 spiro atoms. The number of carbonyl (C=O) groups excluding carboxylic acids is 1. The smallest absolute Gasteiger partial charge is 0.326 e. The maximum absolute atomic E-state index is 12.3. The van der Waals surface area contributed by atoms with Gasteiger partial charge < -0.3 is 15.3 Å². The highest BCUT2D eigenvalue weighted by molar-refractivity contribution is 5.82. The average Bonchev–Trinajstić information content (AvgIpc) is 2.63. The van der Waals surface area contributed by atoms with Crippen molar-refractivity contribution in [3.8, 4) is 0 Å². The predicted octanol–water partition coefficient (Wildman–Crippen LogP) is 3.10. The largest absolute Gasteiger partial charge is 0.480 e. The molecular weight excluding hydrogens is 268 g/mol. The highest BCUT2D eigenvalue weighted by atomic mass is 16.4. The van der Waals surface area contributed by atoms with Gasteiger partial charge in [-0.15, -0.1) is 0 Å². The van der Waals surface area contributed by atoms with Crippen LogP contribution in [0.5, 0.6) is 0 Å². The Balaban J connectivity index is 2.51. The van der Waals surface area contributed by atoms with Crippen molar-refractivity contribution in [1.29, 1.82) is 0 Å². The number of amides is 2. The van der Waals surface area contributed by atoms with Gasteiger partial charge in [0.05, 0.1) is 0 Å². The lowest BCUT2D eigenvalue weighted by Crippen LogP contribution is -2.48. The topological polar surface area (TPSA) is 69.6 Å². The van der Waals surface area contributed by atoms with E-state index in [1.807, 2.05) is 13.8 Å².